The first-order valence-corrected chi connectivity index (χ1v) is 10.2. The largest absolute Gasteiger partial charge is 0.508 e. The second kappa shape index (κ2) is 13.9. The molecule has 28 heavy (non-hydrogen) atoms. The van der Waals surface area contributed by atoms with Crippen molar-refractivity contribution in [2.45, 2.75) is 60.3 Å². The maximum Gasteiger partial charge on any atom is 0.128 e. The summed E-state index contributed by atoms with van der Waals surface area (Å²) in [5, 5.41) is 24.6. The molecule has 0 aliphatic heterocycles. The minimum absolute atomic E-state index is 0.0750. The molecule has 0 radical (unpaired) electrons. The Morgan fingerprint density at radius 3 is 2.32 bits per heavy atom. The number of hydrogen-bond acceptors (Lipinski definition) is 3. The van der Waals surface area contributed by atoms with E-state index in [1.54, 1.807) is 10.9 Å². The summed E-state index contributed by atoms with van der Waals surface area (Å²) in [7, 11) is 1.82. The maximum absolute atomic E-state index is 9.88. The molecule has 0 unspecified atom stereocenters. The van der Waals surface area contributed by atoms with Crippen molar-refractivity contribution in [2.75, 3.05) is 0 Å². The van der Waals surface area contributed by atoms with Crippen molar-refractivity contribution in [2.24, 2.45) is 7.05 Å². The summed E-state index contributed by atoms with van der Waals surface area (Å²) in [5.41, 5.74) is 3.64. The average molecular weight is 407 g/mol. The molecule has 1 aromatic heterocycles. The second-order valence-corrected chi connectivity index (χ2v) is 6.80. The van der Waals surface area contributed by atoms with Crippen LogP contribution < -0.4 is 0 Å². The first-order chi connectivity index (χ1) is 13.3. The zero-order chi connectivity index (χ0) is 21.7. The minimum Gasteiger partial charge on any atom is -0.508 e. The highest BCUT2D eigenvalue weighted by Gasteiger charge is 2.12. The van der Waals surface area contributed by atoms with Crippen LogP contribution >= 0.6 is 11.6 Å². The van der Waals surface area contributed by atoms with E-state index < -0.39 is 0 Å². The first kappa shape index (κ1) is 25.8. The predicted octanol–water partition coefficient (Wildman–Crippen LogP) is 6.96. The third kappa shape index (κ3) is 8.22. The van der Waals surface area contributed by atoms with Crippen molar-refractivity contribution in [1.82, 2.24) is 9.78 Å². The third-order valence-corrected chi connectivity index (χ3v) is 4.45. The lowest BCUT2D eigenvalue weighted by molar-refractivity contribution is 0.446. The van der Waals surface area contributed by atoms with Crippen LogP contribution in [0.3, 0.4) is 0 Å². The van der Waals surface area contributed by atoms with Crippen molar-refractivity contribution >= 4 is 11.6 Å². The van der Waals surface area contributed by atoms with Gasteiger partial charge in [0.15, 0.2) is 0 Å². The van der Waals surface area contributed by atoms with E-state index in [0.29, 0.717) is 5.56 Å². The topological polar surface area (TPSA) is 58.3 Å². The van der Waals surface area contributed by atoms with Gasteiger partial charge in [0, 0.05) is 29.9 Å². The Hall–Kier alpha value is -2.20. The average Bonchev–Trinajstić information content (AvgIpc) is 3.10. The van der Waals surface area contributed by atoms with E-state index in [0.717, 1.165) is 42.0 Å². The van der Waals surface area contributed by atoms with Gasteiger partial charge in [-0.05, 0) is 50.8 Å². The van der Waals surface area contributed by atoms with E-state index in [-0.39, 0.29) is 11.5 Å². The van der Waals surface area contributed by atoms with Crippen LogP contribution in [-0.2, 0) is 13.5 Å². The van der Waals surface area contributed by atoms with E-state index >= 15 is 0 Å². The number of allylic oxidation sites excluding steroid dienone is 3. The number of halogens is 1. The maximum atomic E-state index is 9.88. The monoisotopic (exact) mass is 406 g/mol. The summed E-state index contributed by atoms with van der Waals surface area (Å²) in [6, 6.07) is 5.06. The van der Waals surface area contributed by atoms with Gasteiger partial charge >= 0.3 is 0 Å². The van der Waals surface area contributed by atoms with Gasteiger partial charge in [0.1, 0.15) is 11.5 Å². The van der Waals surface area contributed by atoms with Gasteiger partial charge in [0.25, 0.3) is 0 Å². The molecule has 0 atom stereocenters. The molecule has 2 N–H and O–H groups in total. The van der Waals surface area contributed by atoms with Gasteiger partial charge in [0.2, 0.25) is 0 Å². The van der Waals surface area contributed by atoms with Crippen LogP contribution in [-0.4, -0.2) is 20.0 Å². The first-order valence-electron chi connectivity index (χ1n) is 9.77. The number of benzene rings is 1. The number of aromatic hydroxyl groups is 2. The normalized spacial score (nSPS) is 10.8. The fraction of sp³-hybridized carbons (Fsp3) is 0.435. The van der Waals surface area contributed by atoms with Crippen LogP contribution in [0.5, 0.6) is 11.5 Å². The summed E-state index contributed by atoms with van der Waals surface area (Å²) < 4.78 is 1.70. The molecule has 0 amide bonds. The van der Waals surface area contributed by atoms with Crippen LogP contribution in [0.25, 0.3) is 11.3 Å². The Kier molecular flexibility index (Phi) is 12.8. The standard InChI is InChI=1S/C13H16N2O2.C8H13Cl.C2H6/c1-3-4-9-7-10(13(17)8-12(9)16)11-5-6-14-15(11)2;1-4-5-6-7(2)8(3)9;1-2/h5-8,16-17H,3-4H2,1-2H3;4H,1,5-6H2,2-3H3;1-2H3/b;8-7+;. The highest BCUT2D eigenvalue weighted by atomic mass is 35.5. The van der Waals surface area contributed by atoms with Gasteiger partial charge in [0.05, 0.1) is 5.69 Å². The summed E-state index contributed by atoms with van der Waals surface area (Å²) in [6.45, 7) is 13.6. The highest BCUT2D eigenvalue weighted by Crippen LogP contribution is 2.34. The molecule has 0 spiro atoms. The molecule has 0 fully saturated rings. The Bertz CT molecular complexity index is 760. The van der Waals surface area contributed by atoms with Crippen LogP contribution in [0, 0.1) is 0 Å². The van der Waals surface area contributed by atoms with Gasteiger partial charge < -0.3 is 10.2 Å². The molecule has 0 saturated carbocycles. The molecule has 156 valence electrons. The molecule has 5 heteroatoms. The van der Waals surface area contributed by atoms with E-state index in [1.807, 2.05) is 53.0 Å². The molecule has 0 aliphatic rings. The molecule has 0 aliphatic carbocycles. The molecule has 1 aromatic carbocycles. The van der Waals surface area contributed by atoms with Crippen LogP contribution in [0.4, 0.5) is 0 Å². The van der Waals surface area contributed by atoms with E-state index in [2.05, 4.69) is 18.6 Å². The quantitative estimate of drug-likeness (QED) is 0.509. The van der Waals surface area contributed by atoms with Crippen LogP contribution in [0.1, 0.15) is 59.4 Å². The number of aryl methyl sites for hydroxylation is 2. The summed E-state index contributed by atoms with van der Waals surface area (Å²) in [6.07, 6.45) is 7.39. The molecule has 2 rings (SSSR count). The van der Waals surface area contributed by atoms with Gasteiger partial charge in [-0.25, -0.2) is 0 Å². The van der Waals surface area contributed by atoms with Crippen molar-refractivity contribution in [3.8, 4) is 22.8 Å². The van der Waals surface area contributed by atoms with Gasteiger partial charge in [-0.3, -0.25) is 4.68 Å². The van der Waals surface area contributed by atoms with Crippen molar-refractivity contribution in [3.63, 3.8) is 0 Å². The number of nitrogens with zero attached hydrogens (tertiary/aromatic N) is 2. The molecular weight excluding hydrogens is 372 g/mol. The number of phenolic OH excluding ortho intramolecular Hbond substituents is 2. The summed E-state index contributed by atoms with van der Waals surface area (Å²) in [4.78, 5) is 0. The van der Waals surface area contributed by atoms with Gasteiger partial charge in [-0.1, -0.05) is 50.4 Å². The van der Waals surface area contributed by atoms with Crippen molar-refractivity contribution < 1.29 is 10.2 Å². The van der Waals surface area contributed by atoms with Crippen molar-refractivity contribution in [3.05, 3.63) is 53.2 Å². The lowest BCUT2D eigenvalue weighted by Gasteiger charge is -2.10. The Balaban J connectivity index is 0.000000566. The second-order valence-electron chi connectivity index (χ2n) is 6.23. The fourth-order valence-corrected chi connectivity index (χ4v) is 2.52. The number of rotatable bonds is 6. The molecule has 0 saturated heterocycles. The van der Waals surface area contributed by atoms with Gasteiger partial charge in [-0.2, -0.15) is 5.10 Å². The highest BCUT2D eigenvalue weighted by molar-refractivity contribution is 6.29. The summed E-state index contributed by atoms with van der Waals surface area (Å²) in [5.74, 6) is 0.223. The summed E-state index contributed by atoms with van der Waals surface area (Å²) >= 11 is 5.71. The third-order valence-electron chi connectivity index (χ3n) is 4.12. The van der Waals surface area contributed by atoms with Crippen molar-refractivity contribution in [1.29, 1.82) is 0 Å². The molecule has 4 nitrogen and oxygen atoms in total. The van der Waals surface area contributed by atoms with E-state index in [9.17, 15) is 10.2 Å². The van der Waals surface area contributed by atoms with E-state index in [1.165, 1.54) is 11.6 Å². The minimum atomic E-state index is 0.0750. The number of hydrogen-bond donors (Lipinski definition) is 2. The molecule has 2 aromatic rings. The van der Waals surface area contributed by atoms with Gasteiger partial charge in [-0.15, -0.1) is 6.58 Å². The van der Waals surface area contributed by atoms with Crippen LogP contribution in [0.15, 0.2) is 47.7 Å². The predicted molar refractivity (Wildman–Crippen MR) is 121 cm³/mol. The lowest BCUT2D eigenvalue weighted by Crippen LogP contribution is -1.95. The molecule has 1 heterocycles. The SMILES string of the molecule is C=CCC/C(C)=C(\C)Cl.CC.CCCc1cc(-c2ccnn2C)c(O)cc1O. The zero-order valence-electron chi connectivity index (χ0n) is 18.1. The Morgan fingerprint density at radius 1 is 1.21 bits per heavy atom. The number of phenols is 2. The van der Waals surface area contributed by atoms with Crippen LogP contribution in [0.2, 0.25) is 0 Å². The zero-order valence-corrected chi connectivity index (χ0v) is 18.8. The molecule has 0 bridgehead atoms. The lowest BCUT2D eigenvalue weighted by atomic mass is 10.0. The number of aromatic nitrogens is 2. The fourth-order valence-electron chi connectivity index (χ4n) is 2.43. The Labute approximate surface area is 175 Å². The molecular formula is C23H35ClN2O2. The smallest absolute Gasteiger partial charge is 0.128 e. The Morgan fingerprint density at radius 2 is 1.86 bits per heavy atom. The van der Waals surface area contributed by atoms with E-state index in [4.69, 9.17) is 11.6 Å².